The SMILES string of the molecule is Cn1cnc(C=O)c1-c1cc[nH]c1. The molecule has 0 spiro atoms. The highest BCUT2D eigenvalue weighted by atomic mass is 16.1. The molecule has 0 unspecified atom stereocenters. The second-order valence-corrected chi connectivity index (χ2v) is 2.81. The zero-order valence-corrected chi connectivity index (χ0v) is 7.19. The van der Waals surface area contributed by atoms with Gasteiger partial charge >= 0.3 is 0 Å². The van der Waals surface area contributed by atoms with E-state index in [1.165, 1.54) is 0 Å². The first-order chi connectivity index (χ1) is 6.33. The van der Waals surface area contributed by atoms with Crippen molar-refractivity contribution in [3.8, 4) is 11.3 Å². The molecule has 0 atom stereocenters. The van der Waals surface area contributed by atoms with Crippen molar-refractivity contribution >= 4 is 6.29 Å². The van der Waals surface area contributed by atoms with E-state index in [0.29, 0.717) is 5.69 Å². The molecule has 0 bridgehead atoms. The van der Waals surface area contributed by atoms with Crippen LogP contribution in [0.2, 0.25) is 0 Å². The van der Waals surface area contributed by atoms with Crippen molar-refractivity contribution in [2.45, 2.75) is 0 Å². The number of nitrogens with one attached hydrogen (secondary N) is 1. The summed E-state index contributed by atoms with van der Waals surface area (Å²) in [6.45, 7) is 0. The van der Waals surface area contributed by atoms with Gasteiger partial charge in [-0.1, -0.05) is 0 Å². The zero-order chi connectivity index (χ0) is 9.26. The maximum absolute atomic E-state index is 10.6. The van der Waals surface area contributed by atoms with Crippen LogP contribution in [-0.4, -0.2) is 20.8 Å². The van der Waals surface area contributed by atoms with E-state index in [1.54, 1.807) is 6.33 Å². The van der Waals surface area contributed by atoms with Gasteiger partial charge < -0.3 is 9.55 Å². The predicted molar refractivity (Wildman–Crippen MR) is 48.4 cm³/mol. The predicted octanol–water partition coefficient (Wildman–Crippen LogP) is 1.23. The number of hydrogen-bond acceptors (Lipinski definition) is 2. The van der Waals surface area contributed by atoms with Gasteiger partial charge in [0.1, 0.15) is 5.69 Å². The van der Waals surface area contributed by atoms with Crippen LogP contribution < -0.4 is 0 Å². The maximum atomic E-state index is 10.6. The molecule has 1 N–H and O–H groups in total. The molecule has 0 aliphatic carbocycles. The third-order valence-electron chi connectivity index (χ3n) is 1.95. The molecule has 0 aliphatic heterocycles. The summed E-state index contributed by atoms with van der Waals surface area (Å²) in [5.74, 6) is 0. The fourth-order valence-corrected chi connectivity index (χ4v) is 1.36. The summed E-state index contributed by atoms with van der Waals surface area (Å²) >= 11 is 0. The molecule has 66 valence electrons. The van der Waals surface area contributed by atoms with E-state index in [4.69, 9.17) is 0 Å². The number of rotatable bonds is 2. The van der Waals surface area contributed by atoms with Crippen molar-refractivity contribution in [1.29, 1.82) is 0 Å². The molecule has 2 aromatic rings. The summed E-state index contributed by atoms with van der Waals surface area (Å²) in [5.41, 5.74) is 2.29. The van der Waals surface area contributed by atoms with E-state index in [1.807, 2.05) is 30.1 Å². The Hall–Kier alpha value is -1.84. The Morgan fingerprint density at radius 1 is 1.62 bits per heavy atom. The zero-order valence-electron chi connectivity index (χ0n) is 7.19. The van der Waals surface area contributed by atoms with Crippen molar-refractivity contribution in [3.63, 3.8) is 0 Å². The lowest BCUT2D eigenvalue weighted by Gasteiger charge is -1.98. The molecule has 4 nitrogen and oxygen atoms in total. The van der Waals surface area contributed by atoms with Gasteiger partial charge in [0.25, 0.3) is 0 Å². The molecule has 2 rings (SSSR count). The van der Waals surface area contributed by atoms with Gasteiger partial charge in [-0.25, -0.2) is 4.98 Å². The fraction of sp³-hybridized carbons (Fsp3) is 0.111. The third-order valence-corrected chi connectivity index (χ3v) is 1.95. The van der Waals surface area contributed by atoms with Gasteiger partial charge in [-0.15, -0.1) is 0 Å². The smallest absolute Gasteiger partial charge is 0.170 e. The van der Waals surface area contributed by atoms with E-state index in [2.05, 4.69) is 9.97 Å². The summed E-state index contributed by atoms with van der Waals surface area (Å²) in [5, 5.41) is 0. The van der Waals surface area contributed by atoms with Gasteiger partial charge in [0.2, 0.25) is 0 Å². The first kappa shape index (κ1) is 7.79. The number of nitrogens with zero attached hydrogens (tertiary/aromatic N) is 2. The molecule has 13 heavy (non-hydrogen) atoms. The molecule has 4 heteroatoms. The number of aromatic nitrogens is 3. The van der Waals surface area contributed by atoms with Crippen molar-refractivity contribution < 1.29 is 4.79 Å². The van der Waals surface area contributed by atoms with Crippen LogP contribution in [0.1, 0.15) is 10.5 Å². The number of H-pyrrole nitrogens is 1. The average Bonchev–Trinajstić information content (AvgIpc) is 2.72. The van der Waals surface area contributed by atoms with Crippen LogP contribution in [0.4, 0.5) is 0 Å². The van der Waals surface area contributed by atoms with E-state index < -0.39 is 0 Å². The topological polar surface area (TPSA) is 50.7 Å². The lowest BCUT2D eigenvalue weighted by atomic mass is 10.2. The van der Waals surface area contributed by atoms with Crippen LogP contribution in [0.25, 0.3) is 11.3 Å². The molecular weight excluding hydrogens is 166 g/mol. The number of aromatic amines is 1. The monoisotopic (exact) mass is 175 g/mol. The quantitative estimate of drug-likeness (QED) is 0.698. The molecule has 0 amide bonds. The lowest BCUT2D eigenvalue weighted by molar-refractivity contribution is 0.112. The standard InChI is InChI=1S/C9H9N3O/c1-12-6-11-8(5-13)9(12)7-2-3-10-4-7/h2-6,10H,1H3. The highest BCUT2D eigenvalue weighted by Crippen LogP contribution is 2.20. The van der Waals surface area contributed by atoms with Crippen molar-refractivity contribution in [2.75, 3.05) is 0 Å². The first-order valence-electron chi connectivity index (χ1n) is 3.92. The number of carbonyl (C=O) groups is 1. The Kier molecular flexibility index (Phi) is 1.73. The first-order valence-corrected chi connectivity index (χ1v) is 3.92. The number of carbonyl (C=O) groups excluding carboxylic acids is 1. The lowest BCUT2D eigenvalue weighted by Crippen LogP contribution is -1.91. The van der Waals surface area contributed by atoms with Crippen LogP contribution in [0.5, 0.6) is 0 Å². The Bertz CT molecular complexity index is 414. The number of aryl methyl sites for hydroxylation is 1. The Morgan fingerprint density at radius 2 is 2.46 bits per heavy atom. The molecule has 0 radical (unpaired) electrons. The van der Waals surface area contributed by atoms with Gasteiger partial charge in [0.15, 0.2) is 6.29 Å². The van der Waals surface area contributed by atoms with Gasteiger partial charge in [-0.05, 0) is 6.07 Å². The van der Waals surface area contributed by atoms with Crippen LogP contribution >= 0.6 is 0 Å². The van der Waals surface area contributed by atoms with E-state index in [-0.39, 0.29) is 0 Å². The molecule has 0 aromatic carbocycles. The fourth-order valence-electron chi connectivity index (χ4n) is 1.36. The van der Waals surface area contributed by atoms with Crippen molar-refractivity contribution in [3.05, 3.63) is 30.5 Å². The van der Waals surface area contributed by atoms with Crippen molar-refractivity contribution in [2.24, 2.45) is 7.05 Å². The minimum atomic E-state index is 0.474. The minimum absolute atomic E-state index is 0.474. The van der Waals surface area contributed by atoms with Gasteiger partial charge in [-0.3, -0.25) is 4.79 Å². The maximum Gasteiger partial charge on any atom is 0.170 e. The number of aldehydes is 1. The molecule has 0 aliphatic rings. The summed E-state index contributed by atoms with van der Waals surface area (Å²) in [6, 6.07) is 1.91. The Morgan fingerprint density at radius 3 is 3.08 bits per heavy atom. The largest absolute Gasteiger partial charge is 0.367 e. The Balaban J connectivity index is 2.62. The Labute approximate surface area is 75.2 Å². The van der Waals surface area contributed by atoms with Crippen LogP contribution in [-0.2, 0) is 7.05 Å². The second kappa shape index (κ2) is 2.90. The van der Waals surface area contributed by atoms with Crippen molar-refractivity contribution in [1.82, 2.24) is 14.5 Å². The minimum Gasteiger partial charge on any atom is -0.367 e. The summed E-state index contributed by atoms with van der Waals surface area (Å²) in [4.78, 5) is 17.6. The van der Waals surface area contributed by atoms with E-state index in [9.17, 15) is 4.79 Å². The van der Waals surface area contributed by atoms with E-state index in [0.717, 1.165) is 17.5 Å². The molecule has 2 heterocycles. The normalized spacial score (nSPS) is 10.2. The number of hydrogen-bond donors (Lipinski definition) is 1. The van der Waals surface area contributed by atoms with Crippen LogP contribution in [0, 0.1) is 0 Å². The number of imidazole rings is 1. The molecule has 2 aromatic heterocycles. The van der Waals surface area contributed by atoms with Crippen LogP contribution in [0.3, 0.4) is 0 Å². The average molecular weight is 175 g/mol. The van der Waals surface area contributed by atoms with Gasteiger partial charge in [0.05, 0.1) is 12.0 Å². The highest BCUT2D eigenvalue weighted by molar-refractivity contribution is 5.83. The molecular formula is C9H9N3O. The van der Waals surface area contributed by atoms with Gasteiger partial charge in [-0.2, -0.15) is 0 Å². The molecule has 0 saturated carbocycles. The van der Waals surface area contributed by atoms with E-state index >= 15 is 0 Å². The summed E-state index contributed by atoms with van der Waals surface area (Å²) in [6.07, 6.45) is 6.05. The highest BCUT2D eigenvalue weighted by Gasteiger charge is 2.09. The molecule has 0 fully saturated rings. The van der Waals surface area contributed by atoms with Crippen LogP contribution in [0.15, 0.2) is 24.8 Å². The summed E-state index contributed by atoms with van der Waals surface area (Å²) < 4.78 is 1.83. The summed E-state index contributed by atoms with van der Waals surface area (Å²) in [7, 11) is 1.86. The third kappa shape index (κ3) is 1.16. The molecule has 0 saturated heterocycles. The van der Waals surface area contributed by atoms with Gasteiger partial charge in [0, 0.05) is 25.0 Å². The second-order valence-electron chi connectivity index (χ2n) is 2.81.